The van der Waals surface area contributed by atoms with Crippen LogP contribution in [0.25, 0.3) is 29.0 Å². The summed E-state index contributed by atoms with van der Waals surface area (Å²) in [5.41, 5.74) is 5.73. The standard InChI is InChI=1S/C20H13NO3S.C10H10O2.C9H5NO4.C9H6O2.C6H10O2Si.C3H2O2/c22-17(11-10-13-6-2-1-3-7-13)21-19-18-15(12-25-19)14-8-4-5-9-16(14)24-20(18)23;1-12-10(11)8-7-9-5-3-2-4-6-9;11-9(12)6-3-7-1-4-8(5-2-7)10(13)14;10-9(11)7-6-8-4-2-1-3-5-8;1-9(2,3)5-4-6(7)8;1-2-3(4)5/h1-3,6-9,12H,4-5H2,(H,21,22);2-8H,1H3;1-2,4-5H,(H,11,12);1-5H,(H,10,11);1-3H3,(H,7,8);1H,(H,4,5)/b;8-7+;;;;. The molecule has 0 radical (unpaired) electrons. The van der Waals surface area contributed by atoms with Gasteiger partial charge in [0, 0.05) is 80.5 Å². The van der Waals surface area contributed by atoms with Crippen molar-refractivity contribution >= 4 is 94.9 Å². The number of aliphatic carboxylic acids is 4. The predicted octanol–water partition coefficient (Wildman–Crippen LogP) is 6.88. The summed E-state index contributed by atoms with van der Waals surface area (Å²) in [4.78, 5) is 83.9. The van der Waals surface area contributed by atoms with Crippen LogP contribution >= 0.6 is 11.3 Å². The van der Waals surface area contributed by atoms with E-state index in [1.165, 1.54) is 54.7 Å². The second-order valence-corrected chi connectivity index (χ2v) is 21.0. The minimum absolute atomic E-state index is 0.0501. The number of carbonyl (C=O) groups is 6. The highest BCUT2D eigenvalue weighted by Crippen LogP contribution is 2.26. The third kappa shape index (κ3) is 26.1. The third-order valence-corrected chi connectivity index (χ3v) is 10.2. The number of anilines is 1. The van der Waals surface area contributed by atoms with Crippen LogP contribution in [0.2, 0.25) is 19.6 Å². The van der Waals surface area contributed by atoms with E-state index in [0.717, 1.165) is 40.1 Å². The molecule has 4 aromatic carbocycles. The molecule has 0 atom stereocenters. The van der Waals surface area contributed by atoms with Crippen molar-refractivity contribution in [3.05, 3.63) is 180 Å². The van der Waals surface area contributed by atoms with Gasteiger partial charge in [-0.05, 0) is 67.0 Å². The molecular weight excluding hydrogens is 1010 g/mol. The van der Waals surface area contributed by atoms with Gasteiger partial charge in [-0.15, -0.1) is 23.3 Å². The lowest BCUT2D eigenvalue weighted by molar-refractivity contribution is -0.384. The first-order chi connectivity index (χ1) is 36.1. The molecule has 384 valence electrons. The Morgan fingerprint density at radius 2 is 1.18 bits per heavy atom. The van der Waals surface area contributed by atoms with Crippen molar-refractivity contribution in [1.29, 1.82) is 0 Å². The van der Waals surface area contributed by atoms with Crippen molar-refractivity contribution in [2.75, 3.05) is 12.4 Å². The summed E-state index contributed by atoms with van der Waals surface area (Å²) in [7, 11) is -0.103. The Balaban J connectivity index is 0.000000336. The number of carbonyl (C=O) groups excluding carboxylic acids is 2. The van der Waals surface area contributed by atoms with Crippen LogP contribution in [-0.2, 0) is 33.5 Å². The van der Waals surface area contributed by atoms with Crippen LogP contribution in [0.1, 0.15) is 35.1 Å². The number of benzene rings is 4. The van der Waals surface area contributed by atoms with Crippen LogP contribution in [0.15, 0.2) is 136 Å². The average Bonchev–Trinajstić information content (AvgIpc) is 3.84. The van der Waals surface area contributed by atoms with Crippen LogP contribution in [-0.4, -0.2) is 76.3 Å². The van der Waals surface area contributed by atoms with Crippen molar-refractivity contribution in [3.8, 4) is 59.3 Å². The monoisotopic (exact) mass is 1060 g/mol. The van der Waals surface area contributed by atoms with E-state index < -0.39 is 48.4 Å². The number of carboxylic acid groups (broad SMARTS) is 4. The summed E-state index contributed by atoms with van der Waals surface area (Å²) in [5, 5.41) is 49.5. The molecule has 76 heavy (non-hydrogen) atoms. The maximum Gasteiger partial charge on any atom is 0.382 e. The molecule has 0 unspecified atom stereocenters. The first kappa shape index (κ1) is 61.6. The zero-order valence-electron chi connectivity index (χ0n) is 41.0. The Kier molecular flexibility index (Phi) is 26.9. The summed E-state index contributed by atoms with van der Waals surface area (Å²) in [5.74, 6) is 12.3. The summed E-state index contributed by atoms with van der Waals surface area (Å²) < 4.78 is 9.85. The van der Waals surface area contributed by atoms with Crippen LogP contribution in [0.5, 0.6) is 0 Å². The highest BCUT2D eigenvalue weighted by molar-refractivity contribution is 7.16. The topological polar surface area (TPSA) is 278 Å². The molecule has 0 saturated carbocycles. The number of thiophene rings is 1. The number of esters is 1. The normalized spacial score (nSPS) is 9.88. The van der Waals surface area contributed by atoms with E-state index in [4.69, 9.17) is 29.6 Å². The Bertz CT molecular complexity index is 3550. The van der Waals surface area contributed by atoms with E-state index in [0.29, 0.717) is 21.4 Å². The number of nitrogens with zero attached hydrogens (tertiary/aromatic N) is 1. The number of methoxy groups -OCH3 is 1. The smallest absolute Gasteiger partial charge is 0.382 e. The molecule has 7 rings (SSSR count). The fourth-order valence-corrected chi connectivity index (χ4v) is 6.68. The number of non-ortho nitro benzene ring substituents is 1. The summed E-state index contributed by atoms with van der Waals surface area (Å²) >= 11 is 1.31. The third-order valence-electron chi connectivity index (χ3n) is 8.48. The van der Waals surface area contributed by atoms with E-state index in [9.17, 15) is 38.9 Å². The number of hydrogen-bond acceptors (Lipinski definition) is 12. The number of fused-ring (bicyclic) bond motifs is 3. The molecule has 0 fully saturated rings. The van der Waals surface area contributed by atoms with Gasteiger partial charge < -0.3 is 34.9 Å². The van der Waals surface area contributed by atoms with Crippen molar-refractivity contribution < 1.29 is 63.3 Å². The summed E-state index contributed by atoms with van der Waals surface area (Å²) in [6.07, 6.45) is 13.2. The number of carboxylic acids is 4. The van der Waals surface area contributed by atoms with E-state index in [2.05, 4.69) is 57.7 Å². The lowest BCUT2D eigenvalue weighted by atomic mass is 10.1. The quantitative estimate of drug-likeness (QED) is 0.0300. The van der Waals surface area contributed by atoms with Gasteiger partial charge in [0.1, 0.15) is 23.9 Å². The van der Waals surface area contributed by atoms with E-state index in [1.807, 2.05) is 122 Å². The lowest BCUT2D eigenvalue weighted by Gasteiger charge is -2.01. The maximum absolute atomic E-state index is 12.3. The molecule has 0 spiro atoms. The lowest BCUT2D eigenvalue weighted by Crippen LogP contribution is -2.31. The van der Waals surface area contributed by atoms with Gasteiger partial charge in [0.2, 0.25) is 0 Å². The number of nitro benzene ring substituents is 1. The van der Waals surface area contributed by atoms with Crippen molar-refractivity contribution in [1.82, 2.24) is 0 Å². The Labute approximate surface area is 440 Å². The number of nitrogens with one attached hydrogen (secondary N) is 1. The Morgan fingerprint density at radius 3 is 1.63 bits per heavy atom. The zero-order chi connectivity index (χ0) is 56.5. The second kappa shape index (κ2) is 33.2. The van der Waals surface area contributed by atoms with Gasteiger partial charge in [-0.25, -0.2) is 28.8 Å². The molecule has 5 N–H and O–H groups in total. The highest BCUT2D eigenvalue weighted by Gasteiger charge is 2.15. The maximum atomic E-state index is 12.3. The molecule has 2 aromatic heterocycles. The zero-order valence-corrected chi connectivity index (χ0v) is 42.8. The molecule has 1 aliphatic carbocycles. The Hall–Kier alpha value is -10.5. The molecule has 1 amide bonds. The van der Waals surface area contributed by atoms with Crippen LogP contribution in [0.3, 0.4) is 0 Å². The minimum Gasteiger partial charge on any atom is -0.472 e. The number of nitro groups is 1. The summed E-state index contributed by atoms with van der Waals surface area (Å²) in [6.45, 7) is 6.01. The highest BCUT2D eigenvalue weighted by atomic mass is 32.1. The van der Waals surface area contributed by atoms with E-state index in [-0.39, 0.29) is 11.7 Å². The molecule has 2 heterocycles. The Morgan fingerprint density at radius 1 is 0.711 bits per heavy atom. The van der Waals surface area contributed by atoms with Crippen LogP contribution < -0.4 is 21.6 Å². The number of hydrogen-bond donors (Lipinski definition) is 5. The number of rotatable bonds is 4. The first-order valence-electron chi connectivity index (χ1n) is 21.8. The van der Waals surface area contributed by atoms with Gasteiger partial charge in [-0.3, -0.25) is 14.9 Å². The largest absolute Gasteiger partial charge is 0.472 e. The van der Waals surface area contributed by atoms with Crippen LogP contribution in [0.4, 0.5) is 10.7 Å². The molecule has 1 aliphatic rings. The van der Waals surface area contributed by atoms with Crippen LogP contribution in [0, 0.1) is 69.4 Å². The fraction of sp³-hybridized carbons (Fsp3) is 0.105. The SMILES string of the molecule is C#CC(=O)O.COC(=O)/C=C/c1ccccc1.C[Si](C)(C)C#CC(=O)O.O=C(C#Cc1ccccc1)Nc1scc2c3c(oc(=O)c12)=CCCC=3.O=C(O)C#Cc1ccc([N+](=O)[O-])cc1.O=C(O)C#Cc1ccccc1. The predicted molar refractivity (Wildman–Crippen MR) is 291 cm³/mol. The molecule has 0 aliphatic heterocycles. The van der Waals surface area contributed by atoms with Gasteiger partial charge in [0.25, 0.3) is 5.69 Å². The first-order valence-corrected chi connectivity index (χ1v) is 26.2. The molecule has 17 nitrogen and oxygen atoms in total. The molecule has 0 saturated heterocycles. The molecule has 0 bridgehead atoms. The van der Waals surface area contributed by atoms with Gasteiger partial charge in [0.05, 0.1) is 12.0 Å². The molecular formula is C57H46N2O15SSi. The van der Waals surface area contributed by atoms with Gasteiger partial charge in [0.15, 0.2) is 0 Å². The van der Waals surface area contributed by atoms with E-state index >= 15 is 0 Å². The van der Waals surface area contributed by atoms with Gasteiger partial charge in [-0.2, -0.15) is 0 Å². The molecule has 6 aromatic rings. The minimum atomic E-state index is -1.46. The van der Waals surface area contributed by atoms with Crippen molar-refractivity contribution in [2.45, 2.75) is 32.5 Å². The number of amides is 1. The van der Waals surface area contributed by atoms with E-state index in [1.54, 1.807) is 18.2 Å². The average molecular weight is 1060 g/mol. The number of ether oxygens (including phenoxy) is 1. The second-order valence-electron chi connectivity index (χ2n) is 15.4. The number of terminal acetylenes is 1. The van der Waals surface area contributed by atoms with Crippen molar-refractivity contribution in [3.63, 3.8) is 0 Å². The molecule has 19 heteroatoms. The van der Waals surface area contributed by atoms with Crippen molar-refractivity contribution in [2.24, 2.45) is 0 Å². The van der Waals surface area contributed by atoms with Gasteiger partial charge in [-0.1, -0.05) is 110 Å². The summed E-state index contributed by atoms with van der Waals surface area (Å²) in [6, 6.07) is 33.2. The fourth-order valence-electron chi connectivity index (χ4n) is 5.26. The van der Waals surface area contributed by atoms with Gasteiger partial charge >= 0.3 is 41.4 Å².